The van der Waals surface area contributed by atoms with Crippen LogP contribution in [0.2, 0.25) is 0 Å². The van der Waals surface area contributed by atoms with Crippen LogP contribution >= 0.6 is 15.9 Å². The van der Waals surface area contributed by atoms with Gasteiger partial charge in [0.2, 0.25) is 0 Å². The lowest BCUT2D eigenvalue weighted by Crippen LogP contribution is -1.98. The first-order valence-electron chi connectivity index (χ1n) is 3.28. The summed E-state index contributed by atoms with van der Waals surface area (Å²) >= 11 is 0.621. The Morgan fingerprint density at radius 1 is 1.62 bits per heavy atom. The average molecular weight is 269 g/mol. The Morgan fingerprint density at radius 2 is 2.31 bits per heavy atom. The first kappa shape index (κ1) is 10.8. The third-order valence-electron chi connectivity index (χ3n) is 1.35. The van der Waals surface area contributed by atoms with Crippen LogP contribution in [-0.2, 0) is 22.2 Å². The van der Waals surface area contributed by atoms with Crippen molar-refractivity contribution in [3.05, 3.63) is 34.1 Å². The zero-order valence-electron chi connectivity index (χ0n) is 6.37. The molecule has 1 rings (SSSR count). The Hall–Kier alpha value is -0.300. The summed E-state index contributed by atoms with van der Waals surface area (Å²) < 4.78 is 36.2. The molecule has 1 aromatic rings. The van der Waals surface area contributed by atoms with Crippen LogP contribution in [0.4, 0.5) is 4.39 Å². The molecule has 0 spiro atoms. The summed E-state index contributed by atoms with van der Waals surface area (Å²) in [4.78, 5) is 0. The molecule has 13 heavy (non-hydrogen) atoms. The van der Waals surface area contributed by atoms with Gasteiger partial charge in [-0.2, -0.15) is 4.21 Å². The Labute approximate surface area is 85.5 Å². The fraction of sp³-hybridized carbons (Fsp3) is 0.143. The minimum absolute atomic E-state index is 0.228. The van der Waals surface area contributed by atoms with Gasteiger partial charge in [-0.1, -0.05) is 12.1 Å². The molecular formula is C7H6BrFO3S. The van der Waals surface area contributed by atoms with E-state index in [9.17, 15) is 8.60 Å². The summed E-state index contributed by atoms with van der Waals surface area (Å²) in [6.07, 6.45) is 0. The molecule has 0 amide bonds. The predicted octanol–water partition coefficient (Wildman–Crippen LogP) is 2.24. The number of benzene rings is 1. The van der Waals surface area contributed by atoms with E-state index in [1.807, 2.05) is 0 Å². The number of halogens is 2. The van der Waals surface area contributed by atoms with Gasteiger partial charge in [-0.25, -0.2) is 4.39 Å². The standard InChI is InChI=1S/C7H6BrFO3S/c8-6-3-1-2-5(7(6)9)4-12-13(10)11/h1-3H,4H2,(H,10,11). The molecule has 1 aromatic carbocycles. The normalized spacial score (nSPS) is 12.8. The Kier molecular flexibility index (Phi) is 3.98. The second-order valence-corrected chi connectivity index (χ2v) is 3.72. The lowest BCUT2D eigenvalue weighted by atomic mass is 10.2. The minimum Gasteiger partial charge on any atom is -0.284 e. The van der Waals surface area contributed by atoms with Crippen LogP contribution in [0, 0.1) is 5.82 Å². The summed E-state index contributed by atoms with van der Waals surface area (Å²) in [5.74, 6) is -0.479. The minimum atomic E-state index is -2.36. The first-order valence-corrected chi connectivity index (χ1v) is 5.10. The highest BCUT2D eigenvalue weighted by atomic mass is 79.9. The average Bonchev–Trinajstić information content (AvgIpc) is 2.07. The number of hydrogen-bond acceptors (Lipinski definition) is 2. The summed E-state index contributed by atoms with van der Waals surface area (Å²) in [6.45, 7) is -0.228. The molecule has 1 atom stereocenters. The van der Waals surface area contributed by atoms with E-state index in [0.717, 1.165) is 0 Å². The predicted molar refractivity (Wildman–Crippen MR) is 49.7 cm³/mol. The van der Waals surface area contributed by atoms with Gasteiger partial charge >= 0.3 is 11.4 Å². The number of rotatable bonds is 3. The lowest BCUT2D eigenvalue weighted by Gasteiger charge is -2.02. The van der Waals surface area contributed by atoms with Gasteiger partial charge in [0.05, 0.1) is 11.1 Å². The van der Waals surface area contributed by atoms with E-state index in [2.05, 4.69) is 20.1 Å². The topological polar surface area (TPSA) is 46.5 Å². The van der Waals surface area contributed by atoms with Gasteiger partial charge in [0, 0.05) is 5.56 Å². The second kappa shape index (κ2) is 4.80. The highest BCUT2D eigenvalue weighted by Gasteiger charge is 2.06. The molecule has 0 aliphatic rings. The van der Waals surface area contributed by atoms with E-state index in [1.165, 1.54) is 12.1 Å². The Balaban J connectivity index is 2.77. The molecule has 6 heteroatoms. The van der Waals surface area contributed by atoms with Crippen molar-refractivity contribution in [1.82, 2.24) is 0 Å². The number of hydrogen-bond donors (Lipinski definition) is 1. The van der Waals surface area contributed by atoms with Crippen molar-refractivity contribution >= 4 is 27.3 Å². The molecule has 1 unspecified atom stereocenters. The van der Waals surface area contributed by atoms with Crippen molar-refractivity contribution in [3.8, 4) is 0 Å². The summed E-state index contributed by atoms with van der Waals surface area (Å²) in [6, 6.07) is 4.63. The molecule has 0 aliphatic heterocycles. The monoisotopic (exact) mass is 268 g/mol. The van der Waals surface area contributed by atoms with E-state index in [-0.39, 0.29) is 12.2 Å². The van der Waals surface area contributed by atoms with Crippen LogP contribution in [0.15, 0.2) is 22.7 Å². The molecule has 0 saturated carbocycles. The van der Waals surface area contributed by atoms with E-state index >= 15 is 0 Å². The second-order valence-electron chi connectivity index (χ2n) is 2.19. The fourth-order valence-corrected chi connectivity index (χ4v) is 1.41. The molecule has 0 heterocycles. The van der Waals surface area contributed by atoms with E-state index in [4.69, 9.17) is 4.55 Å². The van der Waals surface area contributed by atoms with Gasteiger partial charge in [-0.3, -0.25) is 8.74 Å². The SMILES string of the molecule is O=S(O)OCc1cccc(Br)c1F. The van der Waals surface area contributed by atoms with Gasteiger partial charge in [0.25, 0.3) is 0 Å². The molecule has 0 bridgehead atoms. The van der Waals surface area contributed by atoms with Crippen molar-refractivity contribution in [3.63, 3.8) is 0 Å². The van der Waals surface area contributed by atoms with Crippen molar-refractivity contribution in [1.29, 1.82) is 0 Å². The largest absolute Gasteiger partial charge is 0.302 e. The summed E-state index contributed by atoms with van der Waals surface area (Å²) in [7, 11) is 0. The van der Waals surface area contributed by atoms with Gasteiger partial charge in [-0.05, 0) is 22.0 Å². The molecule has 3 nitrogen and oxygen atoms in total. The van der Waals surface area contributed by atoms with E-state index in [0.29, 0.717) is 4.47 Å². The van der Waals surface area contributed by atoms with Gasteiger partial charge in [-0.15, -0.1) is 0 Å². The molecule has 0 radical (unpaired) electrons. The summed E-state index contributed by atoms with van der Waals surface area (Å²) in [5, 5.41) is 0. The van der Waals surface area contributed by atoms with Crippen LogP contribution in [0.1, 0.15) is 5.56 Å². The van der Waals surface area contributed by atoms with E-state index < -0.39 is 17.2 Å². The highest BCUT2D eigenvalue weighted by Crippen LogP contribution is 2.19. The molecule has 72 valence electrons. The van der Waals surface area contributed by atoms with Crippen LogP contribution in [0.5, 0.6) is 0 Å². The molecule has 0 fully saturated rings. The van der Waals surface area contributed by atoms with E-state index in [1.54, 1.807) is 6.07 Å². The van der Waals surface area contributed by atoms with Crippen LogP contribution < -0.4 is 0 Å². The molecule has 1 N–H and O–H groups in total. The quantitative estimate of drug-likeness (QED) is 0.856. The van der Waals surface area contributed by atoms with Crippen LogP contribution in [-0.4, -0.2) is 8.76 Å². The third-order valence-corrected chi connectivity index (χ3v) is 2.28. The third kappa shape index (κ3) is 3.15. The van der Waals surface area contributed by atoms with Gasteiger partial charge in [0.1, 0.15) is 5.82 Å². The first-order chi connectivity index (χ1) is 6.11. The van der Waals surface area contributed by atoms with Crippen LogP contribution in [0.25, 0.3) is 0 Å². The van der Waals surface area contributed by atoms with Gasteiger partial charge < -0.3 is 0 Å². The highest BCUT2D eigenvalue weighted by molar-refractivity contribution is 9.10. The lowest BCUT2D eigenvalue weighted by molar-refractivity contribution is 0.292. The van der Waals surface area contributed by atoms with Crippen molar-refractivity contribution in [2.75, 3.05) is 0 Å². The smallest absolute Gasteiger partial charge is 0.284 e. The Morgan fingerprint density at radius 3 is 2.92 bits per heavy atom. The zero-order chi connectivity index (χ0) is 9.84. The molecule has 0 aromatic heterocycles. The fourth-order valence-electron chi connectivity index (χ4n) is 0.774. The Bertz CT molecular complexity index is 332. The van der Waals surface area contributed by atoms with Crippen molar-refractivity contribution < 1.29 is 17.3 Å². The molecular weight excluding hydrogens is 263 g/mol. The maximum Gasteiger partial charge on any atom is 0.302 e. The molecule has 0 saturated heterocycles. The van der Waals surface area contributed by atoms with Gasteiger partial charge in [0.15, 0.2) is 0 Å². The van der Waals surface area contributed by atoms with Crippen LogP contribution in [0.3, 0.4) is 0 Å². The van der Waals surface area contributed by atoms with Crippen molar-refractivity contribution in [2.24, 2.45) is 0 Å². The zero-order valence-corrected chi connectivity index (χ0v) is 8.77. The molecule has 0 aliphatic carbocycles. The maximum atomic E-state index is 13.1. The summed E-state index contributed by atoms with van der Waals surface area (Å²) in [5.41, 5.74) is 0.233. The maximum absolute atomic E-state index is 13.1. The van der Waals surface area contributed by atoms with Crippen molar-refractivity contribution in [2.45, 2.75) is 6.61 Å².